The van der Waals surface area contributed by atoms with Gasteiger partial charge in [0.1, 0.15) is 0 Å². The quantitative estimate of drug-likeness (QED) is 0.112. The average molecular weight is 543 g/mol. The summed E-state index contributed by atoms with van der Waals surface area (Å²) in [4.78, 5) is 0. The van der Waals surface area contributed by atoms with Crippen LogP contribution in [0.2, 0.25) is 0 Å². The largest absolute Gasteiger partial charge is 0.0853 e. The van der Waals surface area contributed by atoms with Gasteiger partial charge in [-0.25, -0.2) is 0 Å². The minimum atomic E-state index is 0.796. The van der Waals surface area contributed by atoms with E-state index in [1.54, 1.807) is 5.57 Å². The van der Waals surface area contributed by atoms with Crippen LogP contribution in [0, 0.1) is 11.8 Å². The first kappa shape index (κ1) is 37.4. The van der Waals surface area contributed by atoms with Gasteiger partial charge < -0.3 is 0 Å². The van der Waals surface area contributed by atoms with Crippen LogP contribution < -0.4 is 0 Å². The molecule has 0 saturated heterocycles. The molecular weight excluding hydrogens is 480 g/mol. The molecule has 0 rings (SSSR count). The summed E-state index contributed by atoms with van der Waals surface area (Å²) < 4.78 is 0. The number of allylic oxidation sites excluding steroid dienone is 20. The van der Waals surface area contributed by atoms with Crippen LogP contribution in [0.25, 0.3) is 0 Å². The summed E-state index contributed by atoms with van der Waals surface area (Å²) in [7, 11) is 0. The van der Waals surface area contributed by atoms with Crippen molar-refractivity contribution >= 4 is 0 Å². The molecule has 0 radical (unpaired) electrons. The average Bonchev–Trinajstić information content (AvgIpc) is 2.86. The Morgan fingerprint density at radius 3 is 1.27 bits per heavy atom. The van der Waals surface area contributed by atoms with Gasteiger partial charge in [0.05, 0.1) is 0 Å². The van der Waals surface area contributed by atoms with Crippen molar-refractivity contribution < 1.29 is 0 Å². The maximum atomic E-state index is 2.42. The van der Waals surface area contributed by atoms with Crippen molar-refractivity contribution in [2.24, 2.45) is 11.8 Å². The fourth-order valence-electron chi connectivity index (χ4n) is 4.05. The molecular formula is C40H62. The SMILES string of the molecule is CC(/C=C\C=C(/C)CCCC(C)C)=C\C=C\C(C)=C\C=C/C=C(C)/C=C/C=C(\C)CC/C=C(\C)CCCC(C)C. The number of hydrogen-bond acceptors (Lipinski definition) is 0. The predicted molar refractivity (Wildman–Crippen MR) is 186 cm³/mol. The van der Waals surface area contributed by atoms with Gasteiger partial charge in [-0.3, -0.25) is 0 Å². The Hall–Kier alpha value is -2.60. The van der Waals surface area contributed by atoms with Gasteiger partial charge in [0.2, 0.25) is 0 Å². The van der Waals surface area contributed by atoms with Crippen LogP contribution in [-0.2, 0) is 0 Å². The van der Waals surface area contributed by atoms with Crippen molar-refractivity contribution in [2.45, 2.75) is 121 Å². The van der Waals surface area contributed by atoms with Gasteiger partial charge in [-0.1, -0.05) is 159 Å². The second-order valence-corrected chi connectivity index (χ2v) is 12.4. The Morgan fingerprint density at radius 2 is 0.825 bits per heavy atom. The molecule has 0 aliphatic heterocycles. The summed E-state index contributed by atoms with van der Waals surface area (Å²) in [5.41, 5.74) is 8.16. The monoisotopic (exact) mass is 542 g/mol. The predicted octanol–water partition coefficient (Wildman–Crippen LogP) is 13.3. The van der Waals surface area contributed by atoms with Crippen LogP contribution in [0.3, 0.4) is 0 Å². The zero-order valence-corrected chi connectivity index (χ0v) is 27.9. The third kappa shape index (κ3) is 25.7. The lowest BCUT2D eigenvalue weighted by atomic mass is 10.0. The first-order valence-electron chi connectivity index (χ1n) is 15.7. The zero-order valence-electron chi connectivity index (χ0n) is 27.9. The van der Waals surface area contributed by atoms with Gasteiger partial charge in [-0.2, -0.15) is 0 Å². The Bertz CT molecular complexity index is 987. The zero-order chi connectivity index (χ0) is 30.2. The molecule has 0 aromatic rings. The van der Waals surface area contributed by atoms with Crippen LogP contribution in [-0.4, -0.2) is 0 Å². The fraction of sp³-hybridized carbons (Fsp3) is 0.500. The molecule has 222 valence electrons. The topological polar surface area (TPSA) is 0 Å². The van der Waals surface area contributed by atoms with Gasteiger partial charge in [0, 0.05) is 0 Å². The Kier molecular flexibility index (Phi) is 22.6. The van der Waals surface area contributed by atoms with Gasteiger partial charge in [-0.15, -0.1) is 0 Å². The van der Waals surface area contributed by atoms with Crippen LogP contribution in [0.5, 0.6) is 0 Å². The Labute approximate surface area is 250 Å². The van der Waals surface area contributed by atoms with Crippen molar-refractivity contribution in [1.82, 2.24) is 0 Å². The lowest BCUT2D eigenvalue weighted by Gasteiger charge is -2.05. The molecule has 0 heteroatoms. The highest BCUT2D eigenvalue weighted by molar-refractivity contribution is 5.31. The molecule has 0 aliphatic carbocycles. The highest BCUT2D eigenvalue weighted by Crippen LogP contribution is 2.14. The normalized spacial score (nSPS) is 15.5. The second kappa shape index (κ2) is 24.2. The third-order valence-electron chi connectivity index (χ3n) is 6.76. The maximum absolute atomic E-state index is 2.42. The van der Waals surface area contributed by atoms with Crippen molar-refractivity contribution in [3.8, 4) is 0 Å². The molecule has 0 aromatic heterocycles. The van der Waals surface area contributed by atoms with E-state index >= 15 is 0 Å². The van der Waals surface area contributed by atoms with Crippen LogP contribution in [0.4, 0.5) is 0 Å². The van der Waals surface area contributed by atoms with E-state index in [0.717, 1.165) is 24.7 Å². The minimum Gasteiger partial charge on any atom is -0.0853 e. The fourth-order valence-corrected chi connectivity index (χ4v) is 4.05. The van der Waals surface area contributed by atoms with Crippen molar-refractivity contribution in [3.63, 3.8) is 0 Å². The van der Waals surface area contributed by atoms with Crippen molar-refractivity contribution in [1.29, 1.82) is 0 Å². The Morgan fingerprint density at radius 1 is 0.450 bits per heavy atom. The van der Waals surface area contributed by atoms with E-state index in [1.165, 1.54) is 66.4 Å². The summed E-state index contributed by atoms with van der Waals surface area (Å²) >= 11 is 0. The highest BCUT2D eigenvalue weighted by atomic mass is 14.0. The molecule has 0 bridgehead atoms. The minimum absolute atomic E-state index is 0.796. The van der Waals surface area contributed by atoms with E-state index in [9.17, 15) is 0 Å². The van der Waals surface area contributed by atoms with E-state index in [0.29, 0.717) is 0 Å². The third-order valence-corrected chi connectivity index (χ3v) is 6.76. The van der Waals surface area contributed by atoms with Crippen LogP contribution >= 0.6 is 0 Å². The molecule has 0 aromatic carbocycles. The van der Waals surface area contributed by atoms with Crippen LogP contribution in [0.1, 0.15) is 121 Å². The molecule has 0 atom stereocenters. The van der Waals surface area contributed by atoms with Gasteiger partial charge >= 0.3 is 0 Å². The first-order chi connectivity index (χ1) is 19.0. The van der Waals surface area contributed by atoms with E-state index < -0.39 is 0 Å². The molecule has 40 heavy (non-hydrogen) atoms. The lowest BCUT2D eigenvalue weighted by Crippen LogP contribution is -1.87. The number of hydrogen-bond donors (Lipinski definition) is 0. The molecule has 0 amide bonds. The summed E-state index contributed by atoms with van der Waals surface area (Å²) in [6, 6.07) is 0. The van der Waals surface area contributed by atoms with Gasteiger partial charge in [0.15, 0.2) is 0 Å². The van der Waals surface area contributed by atoms with Crippen molar-refractivity contribution in [2.75, 3.05) is 0 Å². The van der Waals surface area contributed by atoms with E-state index in [1.807, 2.05) is 0 Å². The summed E-state index contributed by atoms with van der Waals surface area (Å²) in [5.74, 6) is 1.61. The molecule has 0 heterocycles. The summed E-state index contributed by atoms with van der Waals surface area (Å²) in [6.45, 7) is 22.4. The molecule has 0 fully saturated rings. The smallest absolute Gasteiger partial charge is 0.0285 e. The molecule has 0 N–H and O–H groups in total. The Balaban J connectivity index is 4.55. The van der Waals surface area contributed by atoms with Gasteiger partial charge in [-0.05, 0) is 91.9 Å². The summed E-state index contributed by atoms with van der Waals surface area (Å²) in [6.07, 6.45) is 40.5. The molecule has 0 unspecified atom stereocenters. The first-order valence-corrected chi connectivity index (χ1v) is 15.7. The lowest BCUT2D eigenvalue weighted by molar-refractivity contribution is 0.554. The molecule has 0 nitrogen and oxygen atoms in total. The highest BCUT2D eigenvalue weighted by Gasteiger charge is 1.96. The second-order valence-electron chi connectivity index (χ2n) is 12.4. The standard InChI is InChI=1S/C40H62/c1-33(2)19-13-23-37(7)27-17-31-39(9)29-15-25-35(5)21-11-12-22-36(6)26-16-30-40(10)32-18-28-38(8)24-14-20-34(3)4/h11-12,15-17,21-22,25-31,33-34H,13-14,18-20,23-24,32H2,1-10H3/b12-11-,25-15+,26-16+,31-17-,35-21+,36-22+,37-27+,38-28+,39-29+,40-30+. The maximum Gasteiger partial charge on any atom is -0.0285 e. The van der Waals surface area contributed by atoms with E-state index in [4.69, 9.17) is 0 Å². The van der Waals surface area contributed by atoms with Gasteiger partial charge in [0.25, 0.3) is 0 Å². The van der Waals surface area contributed by atoms with Crippen molar-refractivity contribution in [3.05, 3.63) is 119 Å². The molecule has 0 saturated carbocycles. The number of rotatable bonds is 19. The molecule has 0 spiro atoms. The van der Waals surface area contributed by atoms with E-state index in [-0.39, 0.29) is 0 Å². The summed E-state index contributed by atoms with van der Waals surface area (Å²) in [5, 5.41) is 0. The molecule has 0 aliphatic rings. The van der Waals surface area contributed by atoms with E-state index in [2.05, 4.69) is 154 Å². The van der Waals surface area contributed by atoms with Crippen LogP contribution in [0.15, 0.2) is 119 Å².